The number of carboxylic acid groups (broad SMARTS) is 2. The number of carboxylic acids is 2. The van der Waals surface area contributed by atoms with Gasteiger partial charge in [0.05, 0.1) is 0 Å². The summed E-state index contributed by atoms with van der Waals surface area (Å²) in [6, 6.07) is -2.41. The molecule has 0 bridgehead atoms. The number of rotatable bonds is 8. The average Bonchev–Trinajstić information content (AvgIpc) is 2.32. The van der Waals surface area contributed by atoms with Crippen molar-refractivity contribution >= 4 is 23.8 Å². The number of carbonyl (C=O) groups is 4. The Labute approximate surface area is 115 Å². The summed E-state index contributed by atoms with van der Waals surface area (Å²) in [7, 11) is 0. The van der Waals surface area contributed by atoms with Crippen LogP contribution in [0.3, 0.4) is 0 Å². The minimum Gasteiger partial charge on any atom is -0.481 e. The smallest absolute Gasteiger partial charge is 0.326 e. The third-order valence-electron chi connectivity index (χ3n) is 2.39. The maximum atomic E-state index is 11.6. The molecule has 0 spiro atoms. The molecule has 3 atom stereocenters. The van der Waals surface area contributed by atoms with Crippen molar-refractivity contribution < 1.29 is 34.5 Å². The lowest BCUT2D eigenvalue weighted by Crippen LogP contribution is -2.51. The highest BCUT2D eigenvalue weighted by molar-refractivity contribution is 5.91. The summed E-state index contributed by atoms with van der Waals surface area (Å²) < 4.78 is 0. The van der Waals surface area contributed by atoms with Crippen molar-refractivity contribution in [2.75, 3.05) is 0 Å². The van der Waals surface area contributed by atoms with Gasteiger partial charge in [0, 0.05) is 6.42 Å². The lowest BCUT2D eigenvalue weighted by atomic mass is 10.1. The molecule has 0 fully saturated rings. The molecule has 1 unspecified atom stereocenters. The van der Waals surface area contributed by atoms with E-state index in [1.165, 1.54) is 13.8 Å². The molecule has 0 aliphatic rings. The molecule has 5 N–H and O–H groups in total. The average molecular weight is 290 g/mol. The van der Waals surface area contributed by atoms with Crippen LogP contribution in [-0.4, -0.2) is 57.3 Å². The van der Waals surface area contributed by atoms with Gasteiger partial charge in [0.15, 0.2) is 0 Å². The highest BCUT2D eigenvalue weighted by Gasteiger charge is 2.25. The molecular weight excluding hydrogens is 272 g/mol. The number of hydrogen-bond acceptors (Lipinski definition) is 5. The second-order valence-corrected chi connectivity index (χ2v) is 4.24. The Kier molecular flexibility index (Phi) is 7.22. The van der Waals surface area contributed by atoms with E-state index in [1.807, 2.05) is 0 Å². The first-order chi connectivity index (χ1) is 9.15. The molecular formula is C11H18N2O7. The Morgan fingerprint density at radius 1 is 1.00 bits per heavy atom. The number of carbonyl (C=O) groups excluding carboxylic acids is 2. The van der Waals surface area contributed by atoms with Crippen LogP contribution >= 0.6 is 0 Å². The zero-order valence-corrected chi connectivity index (χ0v) is 11.1. The van der Waals surface area contributed by atoms with Gasteiger partial charge in [-0.1, -0.05) is 0 Å². The molecule has 0 aromatic carbocycles. The molecule has 114 valence electrons. The molecule has 0 rings (SSSR count). The predicted molar refractivity (Wildman–Crippen MR) is 65.7 cm³/mol. The maximum Gasteiger partial charge on any atom is 0.326 e. The topological polar surface area (TPSA) is 153 Å². The van der Waals surface area contributed by atoms with Crippen LogP contribution < -0.4 is 10.6 Å². The van der Waals surface area contributed by atoms with E-state index in [1.54, 1.807) is 0 Å². The van der Waals surface area contributed by atoms with Crippen molar-refractivity contribution in [2.45, 2.75) is 44.9 Å². The van der Waals surface area contributed by atoms with Gasteiger partial charge in [-0.3, -0.25) is 14.4 Å². The van der Waals surface area contributed by atoms with E-state index in [9.17, 15) is 19.2 Å². The van der Waals surface area contributed by atoms with Gasteiger partial charge in [-0.2, -0.15) is 0 Å². The van der Waals surface area contributed by atoms with Crippen LogP contribution in [0.15, 0.2) is 0 Å². The molecule has 0 aliphatic heterocycles. The SMILES string of the molecule is CC(O)C(=O)N[C@@H](C)C(=O)N[C@H](CCC(=O)O)C(=O)O. The van der Waals surface area contributed by atoms with Crippen LogP contribution in [0.1, 0.15) is 26.7 Å². The molecule has 0 saturated carbocycles. The molecule has 0 saturated heterocycles. The van der Waals surface area contributed by atoms with Crippen LogP contribution in [0.2, 0.25) is 0 Å². The zero-order valence-electron chi connectivity index (χ0n) is 11.1. The van der Waals surface area contributed by atoms with Gasteiger partial charge in [-0.05, 0) is 20.3 Å². The Morgan fingerprint density at radius 2 is 1.55 bits per heavy atom. The third kappa shape index (κ3) is 6.69. The Bertz CT molecular complexity index is 394. The molecule has 0 radical (unpaired) electrons. The largest absolute Gasteiger partial charge is 0.481 e. The van der Waals surface area contributed by atoms with Gasteiger partial charge >= 0.3 is 11.9 Å². The Balaban J connectivity index is 4.48. The minimum atomic E-state index is -1.37. The van der Waals surface area contributed by atoms with Gasteiger partial charge in [0.2, 0.25) is 11.8 Å². The van der Waals surface area contributed by atoms with Gasteiger partial charge < -0.3 is 26.0 Å². The van der Waals surface area contributed by atoms with E-state index in [0.29, 0.717) is 0 Å². The molecule has 20 heavy (non-hydrogen) atoms. The Hall–Kier alpha value is -2.16. The first kappa shape index (κ1) is 17.8. The molecule has 9 nitrogen and oxygen atoms in total. The maximum absolute atomic E-state index is 11.6. The number of hydrogen-bond donors (Lipinski definition) is 5. The molecule has 0 heterocycles. The number of amides is 2. The van der Waals surface area contributed by atoms with Gasteiger partial charge in [-0.25, -0.2) is 4.79 Å². The third-order valence-corrected chi connectivity index (χ3v) is 2.39. The number of aliphatic hydroxyl groups is 1. The summed E-state index contributed by atoms with van der Waals surface area (Å²) in [4.78, 5) is 44.0. The highest BCUT2D eigenvalue weighted by Crippen LogP contribution is 1.99. The minimum absolute atomic E-state index is 0.270. The van der Waals surface area contributed by atoms with E-state index in [4.69, 9.17) is 15.3 Å². The zero-order chi connectivity index (χ0) is 15.9. The van der Waals surface area contributed by atoms with Crippen molar-refractivity contribution in [3.63, 3.8) is 0 Å². The standard InChI is InChI=1S/C11H18N2O7/c1-5(12-10(18)6(2)14)9(17)13-7(11(19)20)3-4-8(15)16/h5-7,14H,3-4H2,1-2H3,(H,12,18)(H,13,17)(H,15,16)(H,19,20)/t5-,6?,7+/m0/s1. The van der Waals surface area contributed by atoms with Crippen molar-refractivity contribution in [1.29, 1.82) is 0 Å². The van der Waals surface area contributed by atoms with Crippen LogP contribution in [0.5, 0.6) is 0 Å². The van der Waals surface area contributed by atoms with E-state index in [0.717, 1.165) is 0 Å². The summed E-state index contributed by atoms with van der Waals surface area (Å²) >= 11 is 0. The number of aliphatic carboxylic acids is 2. The number of aliphatic hydroxyl groups excluding tert-OH is 1. The summed E-state index contributed by atoms with van der Waals surface area (Å²) in [5.74, 6) is -4.10. The van der Waals surface area contributed by atoms with Crippen LogP contribution in [0.25, 0.3) is 0 Å². The second-order valence-electron chi connectivity index (χ2n) is 4.24. The van der Waals surface area contributed by atoms with Crippen LogP contribution in [0, 0.1) is 0 Å². The molecule has 0 aromatic heterocycles. The number of nitrogens with one attached hydrogen (secondary N) is 2. The summed E-state index contributed by atoms with van der Waals surface area (Å²) in [6.45, 7) is 2.53. The van der Waals surface area contributed by atoms with Crippen molar-refractivity contribution in [3.8, 4) is 0 Å². The summed E-state index contributed by atoms with van der Waals surface area (Å²) in [5.41, 5.74) is 0. The van der Waals surface area contributed by atoms with E-state index in [-0.39, 0.29) is 6.42 Å². The predicted octanol–water partition coefficient (Wildman–Crippen LogP) is -1.69. The van der Waals surface area contributed by atoms with Gasteiger partial charge in [-0.15, -0.1) is 0 Å². The lowest BCUT2D eigenvalue weighted by molar-refractivity contribution is -0.143. The quantitative estimate of drug-likeness (QED) is 0.357. The molecule has 0 aliphatic carbocycles. The van der Waals surface area contributed by atoms with Gasteiger partial charge in [0.1, 0.15) is 18.2 Å². The highest BCUT2D eigenvalue weighted by atomic mass is 16.4. The van der Waals surface area contributed by atoms with Crippen molar-refractivity contribution in [3.05, 3.63) is 0 Å². The molecule has 2 amide bonds. The first-order valence-electron chi connectivity index (χ1n) is 5.88. The fourth-order valence-corrected chi connectivity index (χ4v) is 1.22. The molecule has 0 aromatic rings. The van der Waals surface area contributed by atoms with Crippen molar-refractivity contribution in [2.24, 2.45) is 0 Å². The van der Waals surface area contributed by atoms with Gasteiger partial charge in [0.25, 0.3) is 0 Å². The Morgan fingerprint density at radius 3 is 1.95 bits per heavy atom. The van der Waals surface area contributed by atoms with Crippen molar-refractivity contribution in [1.82, 2.24) is 10.6 Å². The van der Waals surface area contributed by atoms with E-state index < -0.39 is 48.4 Å². The fourth-order valence-electron chi connectivity index (χ4n) is 1.22. The van der Waals surface area contributed by atoms with E-state index >= 15 is 0 Å². The first-order valence-corrected chi connectivity index (χ1v) is 5.88. The molecule has 9 heteroatoms. The van der Waals surface area contributed by atoms with Crippen LogP contribution in [0.4, 0.5) is 0 Å². The summed E-state index contributed by atoms with van der Waals surface area (Å²) in [5, 5.41) is 30.6. The fraction of sp³-hybridized carbons (Fsp3) is 0.636. The summed E-state index contributed by atoms with van der Waals surface area (Å²) in [6.07, 6.45) is -1.98. The lowest BCUT2D eigenvalue weighted by Gasteiger charge is -2.18. The second kappa shape index (κ2) is 8.10. The van der Waals surface area contributed by atoms with Crippen LogP contribution in [-0.2, 0) is 19.2 Å². The van der Waals surface area contributed by atoms with E-state index in [2.05, 4.69) is 10.6 Å². The monoisotopic (exact) mass is 290 g/mol. The normalized spacial score (nSPS) is 14.8.